The van der Waals surface area contributed by atoms with E-state index >= 15 is 0 Å². The molecule has 7 nitrogen and oxygen atoms in total. The first-order valence-electron chi connectivity index (χ1n) is 7.72. The molecule has 1 heterocycles. The predicted octanol–water partition coefficient (Wildman–Crippen LogP) is 2.14. The van der Waals surface area contributed by atoms with Crippen molar-refractivity contribution in [1.82, 2.24) is 4.90 Å². The molecule has 1 aromatic carbocycles. The van der Waals surface area contributed by atoms with Crippen LogP contribution in [0.25, 0.3) is 0 Å². The molecule has 0 aliphatic carbocycles. The van der Waals surface area contributed by atoms with Crippen molar-refractivity contribution in [2.24, 2.45) is 0 Å². The van der Waals surface area contributed by atoms with Crippen LogP contribution in [0.15, 0.2) is 24.3 Å². The quantitative estimate of drug-likeness (QED) is 0.414. The second-order valence-electron chi connectivity index (χ2n) is 5.62. The van der Waals surface area contributed by atoms with E-state index in [4.69, 9.17) is 4.74 Å². The molecule has 1 fully saturated rings. The van der Waals surface area contributed by atoms with Gasteiger partial charge in [0.25, 0.3) is 5.69 Å². The number of methoxy groups -OCH3 is 1. The van der Waals surface area contributed by atoms with E-state index in [1.807, 2.05) is 6.07 Å². The van der Waals surface area contributed by atoms with E-state index in [-0.39, 0.29) is 24.2 Å². The molecule has 0 spiro atoms. The molecule has 126 valence electrons. The van der Waals surface area contributed by atoms with Crippen molar-refractivity contribution in [2.75, 3.05) is 26.8 Å². The van der Waals surface area contributed by atoms with Gasteiger partial charge in [-0.3, -0.25) is 19.8 Å². The van der Waals surface area contributed by atoms with E-state index in [9.17, 15) is 14.9 Å². The number of esters is 1. The molecule has 0 N–H and O–H groups in total. The molecular formula is C16H22N2O5. The fourth-order valence-corrected chi connectivity index (χ4v) is 2.69. The molecule has 1 atom stereocenters. The van der Waals surface area contributed by atoms with Crippen molar-refractivity contribution >= 4 is 11.7 Å². The number of carbonyl (C=O) groups excluding carboxylic acids is 1. The van der Waals surface area contributed by atoms with Crippen LogP contribution in [-0.4, -0.2) is 48.7 Å². The van der Waals surface area contributed by atoms with Gasteiger partial charge >= 0.3 is 5.97 Å². The lowest BCUT2D eigenvalue weighted by Crippen LogP contribution is -2.33. The van der Waals surface area contributed by atoms with Crippen molar-refractivity contribution in [3.8, 4) is 0 Å². The number of non-ortho nitro benzene ring substituents is 1. The zero-order valence-corrected chi connectivity index (χ0v) is 13.3. The Hall–Kier alpha value is -1.99. The van der Waals surface area contributed by atoms with Crippen LogP contribution in [0.5, 0.6) is 0 Å². The van der Waals surface area contributed by atoms with E-state index in [1.54, 1.807) is 12.1 Å². The van der Waals surface area contributed by atoms with Crippen molar-refractivity contribution in [1.29, 1.82) is 0 Å². The van der Waals surface area contributed by atoms with Gasteiger partial charge in [0.1, 0.15) is 0 Å². The van der Waals surface area contributed by atoms with Crippen LogP contribution in [-0.2, 0) is 20.8 Å². The van der Waals surface area contributed by atoms with E-state index < -0.39 is 4.92 Å². The summed E-state index contributed by atoms with van der Waals surface area (Å²) < 4.78 is 10.3. The van der Waals surface area contributed by atoms with Crippen LogP contribution in [0.1, 0.15) is 24.8 Å². The van der Waals surface area contributed by atoms with Crippen molar-refractivity contribution in [3.63, 3.8) is 0 Å². The third-order valence-corrected chi connectivity index (χ3v) is 3.87. The van der Waals surface area contributed by atoms with Crippen LogP contribution in [0.4, 0.5) is 5.69 Å². The van der Waals surface area contributed by atoms with E-state index in [2.05, 4.69) is 9.64 Å². The van der Waals surface area contributed by atoms with E-state index in [1.165, 1.54) is 13.2 Å². The lowest BCUT2D eigenvalue weighted by Gasteiger charge is -2.24. The number of nitro groups is 1. The standard InChI is InChI=1S/C16H22N2O5/c1-22-16(19)7-8-17(12-15-6-3-9-23-15)11-13-4-2-5-14(10-13)18(20)21/h2,4-5,10,15H,3,6-9,11-12H2,1H3. The van der Waals surface area contributed by atoms with Crippen molar-refractivity contribution in [2.45, 2.75) is 31.9 Å². The number of hydrogen-bond acceptors (Lipinski definition) is 6. The lowest BCUT2D eigenvalue weighted by atomic mass is 10.1. The summed E-state index contributed by atoms with van der Waals surface area (Å²) in [6.45, 7) is 2.56. The number of ether oxygens (including phenoxy) is 2. The van der Waals surface area contributed by atoms with Gasteiger partial charge in [-0.2, -0.15) is 0 Å². The third kappa shape index (κ3) is 5.61. The third-order valence-electron chi connectivity index (χ3n) is 3.87. The van der Waals surface area contributed by atoms with Gasteiger partial charge in [-0.15, -0.1) is 0 Å². The minimum atomic E-state index is -0.400. The highest BCUT2D eigenvalue weighted by Crippen LogP contribution is 2.18. The topological polar surface area (TPSA) is 81.9 Å². The Kier molecular flexibility index (Phi) is 6.49. The summed E-state index contributed by atoms with van der Waals surface area (Å²) >= 11 is 0. The Balaban J connectivity index is 2.01. The zero-order chi connectivity index (χ0) is 16.7. The van der Waals surface area contributed by atoms with Gasteiger partial charge in [-0.25, -0.2) is 0 Å². The zero-order valence-electron chi connectivity index (χ0n) is 13.3. The molecule has 1 unspecified atom stereocenters. The molecule has 1 saturated heterocycles. The van der Waals surface area contributed by atoms with Gasteiger partial charge in [0.15, 0.2) is 0 Å². The van der Waals surface area contributed by atoms with Crippen LogP contribution < -0.4 is 0 Å². The first-order chi connectivity index (χ1) is 11.1. The summed E-state index contributed by atoms with van der Waals surface area (Å²) in [6, 6.07) is 6.58. The molecule has 0 radical (unpaired) electrons. The molecule has 0 bridgehead atoms. The first-order valence-corrected chi connectivity index (χ1v) is 7.72. The minimum Gasteiger partial charge on any atom is -0.469 e. The highest BCUT2D eigenvalue weighted by Gasteiger charge is 2.20. The fraction of sp³-hybridized carbons (Fsp3) is 0.562. The summed E-state index contributed by atoms with van der Waals surface area (Å²) in [4.78, 5) is 24.0. The van der Waals surface area contributed by atoms with Gasteiger partial charge in [0, 0.05) is 38.4 Å². The summed E-state index contributed by atoms with van der Waals surface area (Å²) in [7, 11) is 1.37. The number of rotatable bonds is 8. The van der Waals surface area contributed by atoms with E-state index in [0.29, 0.717) is 19.6 Å². The Bertz CT molecular complexity index is 543. The Labute approximate surface area is 135 Å². The van der Waals surface area contributed by atoms with Gasteiger partial charge < -0.3 is 9.47 Å². The maximum Gasteiger partial charge on any atom is 0.306 e. The number of benzene rings is 1. The maximum atomic E-state index is 11.4. The number of nitrogens with zero attached hydrogens (tertiary/aromatic N) is 2. The molecule has 0 aromatic heterocycles. The smallest absolute Gasteiger partial charge is 0.306 e. The average Bonchev–Trinajstić information content (AvgIpc) is 3.05. The largest absolute Gasteiger partial charge is 0.469 e. The molecule has 1 aliphatic heterocycles. The first kappa shape index (κ1) is 17.4. The molecule has 1 aliphatic rings. The van der Waals surface area contributed by atoms with Gasteiger partial charge in [-0.05, 0) is 18.4 Å². The van der Waals surface area contributed by atoms with Crippen LogP contribution in [0.3, 0.4) is 0 Å². The van der Waals surface area contributed by atoms with Crippen LogP contribution in [0.2, 0.25) is 0 Å². The van der Waals surface area contributed by atoms with Gasteiger partial charge in [0.2, 0.25) is 0 Å². The van der Waals surface area contributed by atoms with Gasteiger partial charge in [0.05, 0.1) is 24.6 Å². The molecule has 2 rings (SSSR count). The second-order valence-corrected chi connectivity index (χ2v) is 5.62. The molecule has 23 heavy (non-hydrogen) atoms. The number of carbonyl (C=O) groups is 1. The summed E-state index contributed by atoms with van der Waals surface area (Å²) in [6.07, 6.45) is 2.50. The summed E-state index contributed by atoms with van der Waals surface area (Å²) in [5.41, 5.74) is 0.926. The fourth-order valence-electron chi connectivity index (χ4n) is 2.69. The highest BCUT2D eigenvalue weighted by molar-refractivity contribution is 5.69. The van der Waals surface area contributed by atoms with Gasteiger partial charge in [-0.1, -0.05) is 12.1 Å². The van der Waals surface area contributed by atoms with Crippen LogP contribution >= 0.6 is 0 Å². The highest BCUT2D eigenvalue weighted by atomic mass is 16.6. The Morgan fingerprint density at radius 2 is 2.35 bits per heavy atom. The summed E-state index contributed by atoms with van der Waals surface area (Å²) in [5.74, 6) is -0.263. The normalized spacial score (nSPS) is 17.4. The molecule has 0 amide bonds. The average molecular weight is 322 g/mol. The minimum absolute atomic E-state index is 0.0764. The van der Waals surface area contributed by atoms with Crippen molar-refractivity contribution < 1.29 is 19.2 Å². The SMILES string of the molecule is COC(=O)CCN(Cc1cccc([N+](=O)[O-])c1)CC1CCCO1. The second kappa shape index (κ2) is 8.59. The molecule has 1 aromatic rings. The lowest BCUT2D eigenvalue weighted by molar-refractivity contribution is -0.384. The predicted molar refractivity (Wildman–Crippen MR) is 84.0 cm³/mol. The molecular weight excluding hydrogens is 300 g/mol. The van der Waals surface area contributed by atoms with Crippen LogP contribution in [0, 0.1) is 10.1 Å². The molecule has 0 saturated carbocycles. The Morgan fingerprint density at radius 3 is 3.00 bits per heavy atom. The number of nitro benzene ring substituents is 1. The summed E-state index contributed by atoms with van der Waals surface area (Å²) in [5, 5.41) is 10.9. The monoisotopic (exact) mass is 322 g/mol. The molecule has 7 heteroatoms. The van der Waals surface area contributed by atoms with Crippen molar-refractivity contribution in [3.05, 3.63) is 39.9 Å². The maximum absolute atomic E-state index is 11.4. The van der Waals surface area contributed by atoms with E-state index in [0.717, 1.165) is 25.0 Å². The number of hydrogen-bond donors (Lipinski definition) is 0. The Morgan fingerprint density at radius 1 is 1.52 bits per heavy atom.